The highest BCUT2D eigenvalue weighted by Crippen LogP contribution is 2.23. The average Bonchev–Trinajstić information content (AvgIpc) is 3.29. The first-order chi connectivity index (χ1) is 13.1. The first-order valence-corrected chi connectivity index (χ1v) is 8.95. The van der Waals surface area contributed by atoms with Gasteiger partial charge in [-0.1, -0.05) is 12.1 Å². The highest BCUT2D eigenvalue weighted by molar-refractivity contribution is 6.21. The van der Waals surface area contributed by atoms with Gasteiger partial charge in [-0.05, 0) is 25.0 Å². The van der Waals surface area contributed by atoms with Crippen LogP contribution in [0.4, 0.5) is 11.6 Å². The van der Waals surface area contributed by atoms with E-state index in [9.17, 15) is 14.4 Å². The van der Waals surface area contributed by atoms with Crippen molar-refractivity contribution < 1.29 is 14.4 Å². The number of anilines is 2. The minimum Gasteiger partial charge on any atom is -0.356 e. The van der Waals surface area contributed by atoms with Crippen molar-refractivity contribution in [2.45, 2.75) is 19.3 Å². The molecule has 8 heteroatoms. The zero-order valence-corrected chi connectivity index (χ0v) is 14.7. The molecule has 0 radical (unpaired) electrons. The maximum absolute atomic E-state index is 12.3. The zero-order valence-electron chi connectivity index (χ0n) is 14.7. The Kier molecular flexibility index (Phi) is 4.53. The molecule has 2 aromatic rings. The molecular formula is C19H19N5O3. The van der Waals surface area contributed by atoms with E-state index in [0.717, 1.165) is 36.6 Å². The summed E-state index contributed by atoms with van der Waals surface area (Å²) in [6.45, 7) is 1.93. The molecule has 4 rings (SSSR count). The first-order valence-electron chi connectivity index (χ1n) is 8.95. The van der Waals surface area contributed by atoms with E-state index in [2.05, 4.69) is 20.2 Å². The van der Waals surface area contributed by atoms with Crippen molar-refractivity contribution in [3.8, 4) is 0 Å². The Balaban J connectivity index is 1.36. The lowest BCUT2D eigenvalue weighted by Gasteiger charge is -2.17. The molecule has 3 heterocycles. The van der Waals surface area contributed by atoms with Crippen LogP contribution in [0.15, 0.2) is 36.7 Å². The van der Waals surface area contributed by atoms with Crippen LogP contribution in [0.2, 0.25) is 0 Å². The largest absolute Gasteiger partial charge is 0.356 e. The molecule has 0 atom stereocenters. The molecule has 1 N–H and O–H groups in total. The summed E-state index contributed by atoms with van der Waals surface area (Å²) < 4.78 is 0. The number of amides is 3. The van der Waals surface area contributed by atoms with Gasteiger partial charge in [0.15, 0.2) is 0 Å². The Bertz CT molecular complexity index is 873. The van der Waals surface area contributed by atoms with Crippen LogP contribution in [0.5, 0.6) is 0 Å². The van der Waals surface area contributed by atoms with Gasteiger partial charge in [0, 0.05) is 32.1 Å². The van der Waals surface area contributed by atoms with Crippen molar-refractivity contribution in [1.29, 1.82) is 0 Å². The lowest BCUT2D eigenvalue weighted by Crippen LogP contribution is -2.33. The lowest BCUT2D eigenvalue weighted by atomic mass is 10.1. The fraction of sp³-hybridized carbons (Fsp3) is 0.316. The van der Waals surface area contributed by atoms with Gasteiger partial charge in [0.05, 0.1) is 11.1 Å². The smallest absolute Gasteiger partial charge is 0.261 e. The number of hydrogen-bond acceptors (Lipinski definition) is 6. The third-order valence-electron chi connectivity index (χ3n) is 4.79. The van der Waals surface area contributed by atoms with Crippen molar-refractivity contribution >= 4 is 29.4 Å². The van der Waals surface area contributed by atoms with Crippen LogP contribution in [-0.2, 0) is 4.79 Å². The second kappa shape index (κ2) is 7.14. The van der Waals surface area contributed by atoms with Crippen LogP contribution in [0.1, 0.15) is 40.0 Å². The van der Waals surface area contributed by atoms with Gasteiger partial charge in [-0.25, -0.2) is 9.97 Å². The molecule has 27 heavy (non-hydrogen) atoms. The number of imide groups is 1. The molecule has 3 amide bonds. The number of carbonyl (C=O) groups excluding carboxylic acids is 3. The van der Waals surface area contributed by atoms with Gasteiger partial charge in [0.2, 0.25) is 5.91 Å². The Morgan fingerprint density at radius 1 is 1.04 bits per heavy atom. The van der Waals surface area contributed by atoms with Crippen LogP contribution in [0.3, 0.4) is 0 Å². The number of carbonyl (C=O) groups is 3. The quantitative estimate of drug-likeness (QED) is 0.811. The summed E-state index contributed by atoms with van der Waals surface area (Å²) in [5, 5.41) is 2.71. The molecule has 138 valence electrons. The van der Waals surface area contributed by atoms with Crippen LogP contribution >= 0.6 is 0 Å². The van der Waals surface area contributed by atoms with Gasteiger partial charge in [0.25, 0.3) is 11.8 Å². The van der Waals surface area contributed by atoms with Crippen molar-refractivity contribution in [2.75, 3.05) is 29.9 Å². The Morgan fingerprint density at radius 3 is 2.37 bits per heavy atom. The van der Waals surface area contributed by atoms with Gasteiger partial charge in [-0.15, -0.1) is 0 Å². The molecule has 0 unspecified atom stereocenters. The normalized spacial score (nSPS) is 16.0. The fourth-order valence-corrected chi connectivity index (χ4v) is 3.40. The first kappa shape index (κ1) is 17.1. The summed E-state index contributed by atoms with van der Waals surface area (Å²) in [5.41, 5.74) is 0.767. The number of benzene rings is 1. The van der Waals surface area contributed by atoms with E-state index < -0.39 is 0 Å². The molecule has 2 aliphatic rings. The number of rotatable bonds is 5. The Hall–Kier alpha value is -3.29. The summed E-state index contributed by atoms with van der Waals surface area (Å²) in [6, 6.07) is 8.42. The molecule has 0 saturated carbocycles. The average molecular weight is 365 g/mol. The van der Waals surface area contributed by atoms with Crippen LogP contribution < -0.4 is 10.2 Å². The second-order valence-electron chi connectivity index (χ2n) is 6.56. The SMILES string of the molecule is O=C(CCN1C(=O)c2ccccc2C1=O)Nc1cc(N2CCCC2)ncn1. The topological polar surface area (TPSA) is 95.5 Å². The summed E-state index contributed by atoms with van der Waals surface area (Å²) in [7, 11) is 0. The number of nitrogens with one attached hydrogen (secondary N) is 1. The minimum absolute atomic E-state index is 0.00845. The maximum atomic E-state index is 12.3. The Morgan fingerprint density at radius 2 is 1.70 bits per heavy atom. The van der Waals surface area contributed by atoms with Gasteiger partial charge in [0.1, 0.15) is 18.0 Å². The fourth-order valence-electron chi connectivity index (χ4n) is 3.40. The second-order valence-corrected chi connectivity index (χ2v) is 6.56. The van der Waals surface area contributed by atoms with Crippen LogP contribution in [-0.4, -0.2) is 52.2 Å². The standard InChI is InChI=1S/C19H19N5O3/c25-17(22-15-11-16(21-12-20-15)23-8-3-4-9-23)7-10-24-18(26)13-5-1-2-6-14(13)19(24)27/h1-2,5-6,11-12H,3-4,7-10H2,(H,20,21,22,25). The van der Waals surface area contributed by atoms with Crippen molar-refractivity contribution in [3.05, 3.63) is 47.8 Å². The van der Waals surface area contributed by atoms with Gasteiger partial charge >= 0.3 is 0 Å². The van der Waals surface area contributed by atoms with Crippen molar-refractivity contribution in [2.24, 2.45) is 0 Å². The highest BCUT2D eigenvalue weighted by atomic mass is 16.2. The summed E-state index contributed by atoms with van der Waals surface area (Å²) in [5.74, 6) is 0.179. The van der Waals surface area contributed by atoms with Gasteiger partial charge in [-0.3, -0.25) is 19.3 Å². The predicted octanol–water partition coefficient (Wildman–Crippen LogP) is 1.70. The summed E-state index contributed by atoms with van der Waals surface area (Å²) in [4.78, 5) is 48.5. The highest BCUT2D eigenvalue weighted by Gasteiger charge is 2.34. The molecule has 1 saturated heterocycles. The summed E-state index contributed by atoms with van der Waals surface area (Å²) >= 11 is 0. The zero-order chi connectivity index (χ0) is 18.8. The molecule has 0 aliphatic carbocycles. The molecule has 0 bridgehead atoms. The molecule has 1 aromatic carbocycles. The number of nitrogens with zero attached hydrogens (tertiary/aromatic N) is 4. The lowest BCUT2D eigenvalue weighted by molar-refractivity contribution is -0.116. The molecule has 1 fully saturated rings. The van der Waals surface area contributed by atoms with Crippen LogP contribution in [0.25, 0.3) is 0 Å². The third kappa shape index (κ3) is 3.38. The maximum Gasteiger partial charge on any atom is 0.261 e. The summed E-state index contributed by atoms with van der Waals surface area (Å²) in [6.07, 6.45) is 3.69. The third-order valence-corrected chi connectivity index (χ3v) is 4.79. The van der Waals surface area contributed by atoms with Crippen LogP contribution in [0, 0.1) is 0 Å². The number of hydrogen-bond donors (Lipinski definition) is 1. The molecule has 2 aliphatic heterocycles. The molecule has 1 aromatic heterocycles. The van der Waals surface area contributed by atoms with Gasteiger partial charge < -0.3 is 10.2 Å². The van der Waals surface area contributed by atoms with E-state index in [-0.39, 0.29) is 30.7 Å². The molecular weight excluding hydrogens is 346 g/mol. The van der Waals surface area contributed by atoms with Gasteiger partial charge in [-0.2, -0.15) is 0 Å². The van der Waals surface area contributed by atoms with E-state index in [1.54, 1.807) is 30.3 Å². The Labute approximate surface area is 156 Å². The van der Waals surface area contributed by atoms with E-state index in [1.165, 1.54) is 6.33 Å². The molecule has 0 spiro atoms. The van der Waals surface area contributed by atoms with E-state index in [0.29, 0.717) is 16.9 Å². The molecule has 8 nitrogen and oxygen atoms in total. The predicted molar refractivity (Wildman–Crippen MR) is 98.5 cm³/mol. The van der Waals surface area contributed by atoms with E-state index in [4.69, 9.17) is 0 Å². The van der Waals surface area contributed by atoms with Crippen molar-refractivity contribution in [1.82, 2.24) is 14.9 Å². The number of aromatic nitrogens is 2. The number of fused-ring (bicyclic) bond motifs is 1. The van der Waals surface area contributed by atoms with Crippen molar-refractivity contribution in [3.63, 3.8) is 0 Å². The monoisotopic (exact) mass is 365 g/mol. The van der Waals surface area contributed by atoms with E-state index in [1.807, 2.05) is 0 Å². The minimum atomic E-state index is -0.359. The van der Waals surface area contributed by atoms with E-state index >= 15 is 0 Å².